The van der Waals surface area contributed by atoms with E-state index in [0.717, 1.165) is 18.7 Å². The topological polar surface area (TPSA) is 60.3 Å². The van der Waals surface area contributed by atoms with Gasteiger partial charge in [-0.2, -0.15) is 4.31 Å². The minimum absolute atomic E-state index is 0.139. The molecule has 0 aliphatic carbocycles. The Balaban J connectivity index is 2.07. The third kappa shape index (κ3) is 3.56. The van der Waals surface area contributed by atoms with Crippen LogP contribution < -0.4 is 14.4 Å². The van der Waals surface area contributed by atoms with Gasteiger partial charge >= 0.3 is 0 Å². The maximum atomic E-state index is 13.5. The van der Waals surface area contributed by atoms with E-state index in [1.54, 1.807) is 16.4 Å². The molecule has 2 aromatic rings. The van der Waals surface area contributed by atoms with E-state index in [1.165, 1.54) is 25.2 Å². The monoisotopic (exact) mass is 377 g/mol. The summed E-state index contributed by atoms with van der Waals surface area (Å²) in [7, 11) is 1.34. The molecule has 0 saturated carbocycles. The quantitative estimate of drug-likeness (QED) is 0.843. The number of nitrogens with zero attached hydrogens (tertiary/aromatic N) is 1. The van der Waals surface area contributed by atoms with Gasteiger partial charge < -0.3 is 14.4 Å². The van der Waals surface area contributed by atoms with Crippen LogP contribution in [0.25, 0.3) is 0 Å². The third-order valence-electron chi connectivity index (χ3n) is 4.79. The van der Waals surface area contributed by atoms with Crippen molar-refractivity contribution in [2.75, 3.05) is 40.9 Å². The molecular formula is C19H25N2O4S+. The molecule has 1 unspecified atom stereocenters. The number of quaternary nitrogens is 1. The first-order chi connectivity index (χ1) is 12.5. The lowest BCUT2D eigenvalue weighted by atomic mass is 10.1. The number of hydrogen-bond donors (Lipinski definition) is 1. The van der Waals surface area contributed by atoms with Crippen molar-refractivity contribution in [1.82, 2.24) is 4.31 Å². The van der Waals surface area contributed by atoms with E-state index in [4.69, 9.17) is 9.47 Å². The fourth-order valence-corrected chi connectivity index (χ4v) is 5.14. The Morgan fingerprint density at radius 2 is 1.81 bits per heavy atom. The number of piperazine rings is 1. The highest BCUT2D eigenvalue weighted by molar-refractivity contribution is 7.89. The molecule has 0 amide bonds. The Labute approximate surface area is 155 Å². The second kappa shape index (κ2) is 7.65. The van der Waals surface area contributed by atoms with Gasteiger partial charge in [-0.1, -0.05) is 30.3 Å². The molecule has 1 fully saturated rings. The Morgan fingerprint density at radius 1 is 1.08 bits per heavy atom. The van der Waals surface area contributed by atoms with Gasteiger partial charge in [-0.05, 0) is 17.7 Å². The van der Waals surface area contributed by atoms with Crippen molar-refractivity contribution in [3.8, 4) is 11.5 Å². The Hall–Kier alpha value is -2.09. The summed E-state index contributed by atoms with van der Waals surface area (Å²) < 4.78 is 39.1. The van der Waals surface area contributed by atoms with Crippen LogP contribution in [0.2, 0.25) is 0 Å². The van der Waals surface area contributed by atoms with Crippen molar-refractivity contribution < 1.29 is 22.8 Å². The number of methoxy groups -OCH3 is 2. The predicted octanol–water partition coefficient (Wildman–Crippen LogP) is 0.964. The maximum Gasteiger partial charge on any atom is 0.247 e. The molecule has 2 atom stereocenters. The summed E-state index contributed by atoms with van der Waals surface area (Å²) in [5, 5.41) is 0. The molecule has 6 nitrogen and oxygen atoms in total. The highest BCUT2D eigenvalue weighted by atomic mass is 32.2. The number of hydrogen-bond acceptors (Lipinski definition) is 4. The average Bonchev–Trinajstić information content (AvgIpc) is 2.67. The molecule has 26 heavy (non-hydrogen) atoms. The van der Waals surface area contributed by atoms with E-state index < -0.39 is 10.0 Å². The molecule has 1 N–H and O–H groups in total. The van der Waals surface area contributed by atoms with Crippen molar-refractivity contribution in [2.45, 2.75) is 10.9 Å². The molecule has 0 radical (unpaired) electrons. The van der Waals surface area contributed by atoms with Crippen LogP contribution >= 0.6 is 0 Å². The number of nitrogens with one attached hydrogen (secondary N) is 1. The summed E-state index contributed by atoms with van der Waals surface area (Å²) in [5.41, 5.74) is 0.997. The first kappa shape index (κ1) is 18.7. The van der Waals surface area contributed by atoms with E-state index >= 15 is 0 Å². The number of benzene rings is 2. The van der Waals surface area contributed by atoms with Crippen LogP contribution in [0, 0.1) is 0 Å². The van der Waals surface area contributed by atoms with E-state index in [-0.39, 0.29) is 10.9 Å². The van der Waals surface area contributed by atoms with Crippen molar-refractivity contribution in [3.05, 3.63) is 54.1 Å². The summed E-state index contributed by atoms with van der Waals surface area (Å²) >= 11 is 0. The van der Waals surface area contributed by atoms with Crippen LogP contribution in [0.1, 0.15) is 11.6 Å². The number of rotatable bonds is 5. The van der Waals surface area contributed by atoms with Crippen molar-refractivity contribution in [2.24, 2.45) is 0 Å². The molecule has 1 aliphatic heterocycles. The van der Waals surface area contributed by atoms with E-state index in [0.29, 0.717) is 18.0 Å². The Kier molecular flexibility index (Phi) is 5.50. The van der Waals surface area contributed by atoms with Gasteiger partial charge in [0.15, 0.2) is 0 Å². The van der Waals surface area contributed by atoms with Gasteiger partial charge in [0.25, 0.3) is 0 Å². The van der Waals surface area contributed by atoms with E-state index in [1.807, 2.05) is 30.3 Å². The van der Waals surface area contributed by atoms with Gasteiger partial charge in [-0.3, -0.25) is 0 Å². The fraction of sp³-hybridized carbons (Fsp3) is 0.368. The molecule has 0 aromatic heterocycles. The van der Waals surface area contributed by atoms with Crippen molar-refractivity contribution in [3.63, 3.8) is 0 Å². The number of likely N-dealkylation sites (N-methyl/N-ethyl adjacent to an activating group) is 1. The van der Waals surface area contributed by atoms with Crippen LogP contribution in [-0.4, -0.2) is 53.6 Å². The highest BCUT2D eigenvalue weighted by Gasteiger charge is 2.39. The summed E-state index contributed by atoms with van der Waals surface area (Å²) in [6, 6.07) is 14.4. The van der Waals surface area contributed by atoms with Gasteiger partial charge in [-0.25, -0.2) is 8.42 Å². The molecule has 1 heterocycles. The van der Waals surface area contributed by atoms with Gasteiger partial charge in [0, 0.05) is 6.07 Å². The zero-order valence-corrected chi connectivity index (χ0v) is 16.1. The van der Waals surface area contributed by atoms with Crippen molar-refractivity contribution >= 4 is 10.0 Å². The first-order valence-corrected chi connectivity index (χ1v) is 10.0. The normalized spacial score (nSPS) is 21.3. The van der Waals surface area contributed by atoms with Gasteiger partial charge in [0.2, 0.25) is 10.0 Å². The van der Waals surface area contributed by atoms with Crippen LogP contribution in [-0.2, 0) is 10.0 Å². The van der Waals surface area contributed by atoms with Gasteiger partial charge in [0.05, 0.1) is 46.9 Å². The molecule has 140 valence electrons. The van der Waals surface area contributed by atoms with Crippen LogP contribution in [0.15, 0.2) is 53.4 Å². The third-order valence-corrected chi connectivity index (χ3v) is 6.72. The molecule has 2 aromatic carbocycles. The predicted molar refractivity (Wildman–Crippen MR) is 99.2 cm³/mol. The lowest BCUT2D eigenvalue weighted by Crippen LogP contribution is -3.12. The summed E-state index contributed by atoms with van der Waals surface area (Å²) in [5.74, 6) is 0.810. The maximum absolute atomic E-state index is 13.5. The highest BCUT2D eigenvalue weighted by Crippen LogP contribution is 2.34. The minimum atomic E-state index is -3.74. The zero-order chi connectivity index (χ0) is 18.7. The molecular weight excluding hydrogens is 352 g/mol. The Bertz CT molecular complexity index is 855. The van der Waals surface area contributed by atoms with Crippen LogP contribution in [0.4, 0.5) is 0 Å². The van der Waals surface area contributed by atoms with Gasteiger partial charge in [0.1, 0.15) is 16.4 Å². The largest absolute Gasteiger partial charge is 0.497 e. The summed E-state index contributed by atoms with van der Waals surface area (Å²) in [6.45, 7) is 1.93. The van der Waals surface area contributed by atoms with E-state index in [9.17, 15) is 8.42 Å². The van der Waals surface area contributed by atoms with Crippen molar-refractivity contribution in [1.29, 1.82) is 0 Å². The van der Waals surface area contributed by atoms with Gasteiger partial charge in [-0.15, -0.1) is 0 Å². The second-order valence-electron chi connectivity index (χ2n) is 6.47. The molecule has 0 bridgehead atoms. The lowest BCUT2D eigenvalue weighted by molar-refractivity contribution is -0.887. The van der Waals surface area contributed by atoms with Crippen LogP contribution in [0.5, 0.6) is 11.5 Å². The number of sulfonamides is 1. The fourth-order valence-electron chi connectivity index (χ4n) is 3.35. The molecule has 1 saturated heterocycles. The Morgan fingerprint density at radius 3 is 2.46 bits per heavy atom. The smallest absolute Gasteiger partial charge is 0.247 e. The molecule has 1 aliphatic rings. The van der Waals surface area contributed by atoms with Crippen LogP contribution in [0.3, 0.4) is 0 Å². The summed E-state index contributed by atoms with van der Waals surface area (Å²) in [6.07, 6.45) is 0. The molecule has 3 rings (SSSR count). The zero-order valence-electron chi connectivity index (χ0n) is 15.3. The number of ether oxygens (including phenoxy) is 2. The minimum Gasteiger partial charge on any atom is -0.497 e. The standard InChI is InChI=1S/C19H24N2O4S/c1-20-11-12-21(17(14-20)15-7-5-4-6-8-15)26(22,23)19-13-16(24-2)9-10-18(19)25-3/h4-10,13,17H,11-12,14H2,1-3H3/p+1/t17-/m0/s1. The molecule has 7 heteroatoms. The first-order valence-electron chi connectivity index (χ1n) is 8.57. The van der Waals surface area contributed by atoms with E-state index in [2.05, 4.69) is 7.05 Å². The SMILES string of the molecule is COc1ccc(OC)c(S(=O)(=O)N2CC[NH+](C)C[C@H]2c2ccccc2)c1. The molecule has 0 spiro atoms. The second-order valence-corrected chi connectivity index (χ2v) is 8.33. The average molecular weight is 377 g/mol. The lowest BCUT2D eigenvalue weighted by Gasteiger charge is -2.37. The summed E-state index contributed by atoms with van der Waals surface area (Å²) in [4.78, 5) is 1.45.